The molecular formula is C23H22N4O3S. The number of hydrogen-bond acceptors (Lipinski definition) is 5. The van der Waals surface area contributed by atoms with Crippen molar-refractivity contribution in [3.8, 4) is 0 Å². The van der Waals surface area contributed by atoms with Crippen molar-refractivity contribution in [1.29, 1.82) is 0 Å². The van der Waals surface area contributed by atoms with E-state index in [0.717, 1.165) is 15.7 Å². The number of nitrogens with zero attached hydrogens (tertiary/aromatic N) is 4. The molecule has 0 aliphatic rings. The maximum atomic E-state index is 13.3. The van der Waals surface area contributed by atoms with Crippen LogP contribution in [0.2, 0.25) is 0 Å². The third kappa shape index (κ3) is 4.11. The highest BCUT2D eigenvalue weighted by Gasteiger charge is 2.14. The quantitative estimate of drug-likeness (QED) is 0.356. The summed E-state index contributed by atoms with van der Waals surface area (Å²) >= 11 is 1.33. The van der Waals surface area contributed by atoms with E-state index in [1.54, 1.807) is 17.7 Å². The summed E-state index contributed by atoms with van der Waals surface area (Å²) in [5.74, 6) is 0.334. The van der Waals surface area contributed by atoms with E-state index in [0.29, 0.717) is 34.1 Å². The maximum absolute atomic E-state index is 13.3. The van der Waals surface area contributed by atoms with Gasteiger partial charge in [-0.3, -0.25) is 23.3 Å². The Kier molecular flexibility index (Phi) is 5.65. The van der Waals surface area contributed by atoms with Gasteiger partial charge in [0.25, 0.3) is 11.1 Å². The molecule has 0 atom stereocenters. The van der Waals surface area contributed by atoms with Gasteiger partial charge in [-0.1, -0.05) is 53.7 Å². The van der Waals surface area contributed by atoms with Gasteiger partial charge in [-0.05, 0) is 24.6 Å². The Morgan fingerprint density at radius 3 is 2.39 bits per heavy atom. The Morgan fingerprint density at radius 2 is 1.65 bits per heavy atom. The molecule has 4 rings (SSSR count). The van der Waals surface area contributed by atoms with Gasteiger partial charge in [0.1, 0.15) is 0 Å². The van der Waals surface area contributed by atoms with Crippen LogP contribution in [0, 0.1) is 6.92 Å². The number of thioether (sulfide) groups is 1. The molecule has 0 saturated heterocycles. The van der Waals surface area contributed by atoms with Crippen LogP contribution in [0.25, 0.3) is 10.9 Å². The van der Waals surface area contributed by atoms with Crippen LogP contribution in [0.3, 0.4) is 0 Å². The number of aryl methyl sites for hydroxylation is 1. The van der Waals surface area contributed by atoms with Crippen molar-refractivity contribution >= 4 is 22.7 Å². The van der Waals surface area contributed by atoms with Crippen LogP contribution in [0.4, 0.5) is 0 Å². The van der Waals surface area contributed by atoms with Crippen LogP contribution in [0.5, 0.6) is 0 Å². The second kappa shape index (κ2) is 8.39. The zero-order valence-corrected chi connectivity index (χ0v) is 18.3. The molecule has 8 heteroatoms. The summed E-state index contributed by atoms with van der Waals surface area (Å²) in [6.07, 6.45) is 0. The van der Waals surface area contributed by atoms with Crippen LogP contribution in [-0.2, 0) is 26.4 Å². The number of fused-ring (bicyclic) bond motifs is 1. The molecule has 2 heterocycles. The van der Waals surface area contributed by atoms with Gasteiger partial charge in [0.2, 0.25) is 0 Å². The summed E-state index contributed by atoms with van der Waals surface area (Å²) in [7, 11) is 3.08. The Labute approximate surface area is 182 Å². The summed E-state index contributed by atoms with van der Waals surface area (Å²) in [6, 6.07) is 16.7. The fourth-order valence-corrected chi connectivity index (χ4v) is 4.35. The van der Waals surface area contributed by atoms with Gasteiger partial charge in [-0.25, -0.2) is 9.78 Å². The average Bonchev–Trinajstić information content (AvgIpc) is 2.77. The van der Waals surface area contributed by atoms with Gasteiger partial charge >= 0.3 is 5.69 Å². The SMILES string of the molecule is Cc1ccc(Cn2c(SCc3cc(=O)n(C)c(=O)n3C)nc3ccccc3c2=O)cc1. The third-order valence-electron chi connectivity index (χ3n) is 5.26. The zero-order chi connectivity index (χ0) is 22.1. The Bertz CT molecular complexity index is 1450. The van der Waals surface area contributed by atoms with Crippen LogP contribution in [0.1, 0.15) is 16.8 Å². The molecule has 2 aromatic carbocycles. The lowest BCUT2D eigenvalue weighted by Gasteiger charge is -2.14. The first-order chi connectivity index (χ1) is 14.8. The molecule has 0 radical (unpaired) electrons. The molecule has 7 nitrogen and oxygen atoms in total. The number of rotatable bonds is 5. The predicted molar refractivity (Wildman–Crippen MR) is 123 cm³/mol. The molecular weight excluding hydrogens is 412 g/mol. The summed E-state index contributed by atoms with van der Waals surface area (Å²) in [5, 5.41) is 1.09. The maximum Gasteiger partial charge on any atom is 0.330 e. The minimum atomic E-state index is -0.383. The molecule has 2 aromatic heterocycles. The molecule has 0 spiro atoms. The first-order valence-corrected chi connectivity index (χ1v) is 10.8. The van der Waals surface area contributed by atoms with E-state index < -0.39 is 0 Å². The normalized spacial score (nSPS) is 11.2. The van der Waals surface area contributed by atoms with Gasteiger partial charge in [-0.15, -0.1) is 0 Å². The van der Waals surface area contributed by atoms with Crippen molar-refractivity contribution in [3.05, 3.63) is 103 Å². The molecule has 0 unspecified atom stereocenters. The Balaban J connectivity index is 1.77. The third-order valence-corrected chi connectivity index (χ3v) is 6.27. The fraction of sp³-hybridized carbons (Fsp3) is 0.217. The van der Waals surface area contributed by atoms with Crippen molar-refractivity contribution in [2.45, 2.75) is 24.4 Å². The second-order valence-corrected chi connectivity index (χ2v) is 8.39. The lowest BCUT2D eigenvalue weighted by atomic mass is 10.1. The van der Waals surface area contributed by atoms with Crippen molar-refractivity contribution < 1.29 is 0 Å². The largest absolute Gasteiger partial charge is 0.330 e. The van der Waals surface area contributed by atoms with E-state index in [-0.39, 0.29) is 16.8 Å². The number of hydrogen-bond donors (Lipinski definition) is 0. The minimum absolute atomic E-state index is 0.119. The highest BCUT2D eigenvalue weighted by atomic mass is 32.2. The van der Waals surface area contributed by atoms with Crippen LogP contribution < -0.4 is 16.8 Å². The first-order valence-electron chi connectivity index (χ1n) is 9.79. The Hall–Kier alpha value is -3.39. The number of para-hydroxylation sites is 1. The molecule has 0 saturated carbocycles. The van der Waals surface area contributed by atoms with Crippen molar-refractivity contribution in [1.82, 2.24) is 18.7 Å². The number of benzene rings is 2. The fourth-order valence-electron chi connectivity index (χ4n) is 3.33. The van der Waals surface area contributed by atoms with Crippen molar-refractivity contribution in [3.63, 3.8) is 0 Å². The summed E-state index contributed by atoms with van der Waals surface area (Å²) in [6.45, 7) is 2.40. The molecule has 0 fully saturated rings. The molecule has 0 aliphatic heterocycles. The number of aromatic nitrogens is 4. The summed E-state index contributed by atoms with van der Waals surface area (Å²) < 4.78 is 4.16. The van der Waals surface area contributed by atoms with Gasteiger partial charge in [0.15, 0.2) is 5.16 Å². The van der Waals surface area contributed by atoms with E-state index in [4.69, 9.17) is 4.98 Å². The highest BCUT2D eigenvalue weighted by Crippen LogP contribution is 2.22. The predicted octanol–water partition coefficient (Wildman–Crippen LogP) is 2.44. The van der Waals surface area contributed by atoms with E-state index in [1.165, 1.54) is 29.4 Å². The lowest BCUT2D eigenvalue weighted by molar-refractivity contribution is 0.653. The summed E-state index contributed by atoms with van der Waals surface area (Å²) in [4.78, 5) is 42.3. The average molecular weight is 435 g/mol. The standard InChI is InChI=1S/C23H22N4O3S/c1-15-8-10-16(11-9-15)13-27-21(29)18-6-4-5-7-19(18)24-22(27)31-14-17-12-20(28)26(3)23(30)25(17)2/h4-12H,13-14H2,1-3H3. The van der Waals surface area contributed by atoms with Crippen LogP contribution in [-0.4, -0.2) is 18.7 Å². The van der Waals surface area contributed by atoms with E-state index in [2.05, 4.69) is 0 Å². The summed E-state index contributed by atoms with van der Waals surface area (Å²) in [5.41, 5.74) is 2.47. The van der Waals surface area contributed by atoms with Crippen molar-refractivity contribution in [2.24, 2.45) is 14.1 Å². The molecule has 0 bridgehead atoms. The Morgan fingerprint density at radius 1 is 0.935 bits per heavy atom. The van der Waals surface area contributed by atoms with Crippen molar-refractivity contribution in [2.75, 3.05) is 0 Å². The van der Waals surface area contributed by atoms with Gasteiger partial charge < -0.3 is 0 Å². The lowest BCUT2D eigenvalue weighted by Crippen LogP contribution is -2.37. The monoisotopic (exact) mass is 434 g/mol. The molecule has 0 N–H and O–H groups in total. The van der Waals surface area contributed by atoms with E-state index >= 15 is 0 Å². The van der Waals surface area contributed by atoms with E-state index in [1.807, 2.05) is 49.4 Å². The molecule has 4 aromatic rings. The molecule has 0 aliphatic carbocycles. The van der Waals surface area contributed by atoms with Gasteiger partial charge in [-0.2, -0.15) is 0 Å². The molecule has 158 valence electrons. The zero-order valence-electron chi connectivity index (χ0n) is 17.5. The van der Waals surface area contributed by atoms with E-state index in [9.17, 15) is 14.4 Å². The smallest absolute Gasteiger partial charge is 0.300 e. The van der Waals surface area contributed by atoms with Crippen LogP contribution in [0.15, 0.2) is 74.1 Å². The molecule has 31 heavy (non-hydrogen) atoms. The minimum Gasteiger partial charge on any atom is -0.300 e. The first kappa shape index (κ1) is 20.9. The second-order valence-electron chi connectivity index (χ2n) is 7.45. The van der Waals surface area contributed by atoms with Gasteiger partial charge in [0, 0.05) is 31.6 Å². The topological polar surface area (TPSA) is 78.9 Å². The van der Waals surface area contributed by atoms with Gasteiger partial charge in [0.05, 0.1) is 17.4 Å². The molecule has 0 amide bonds. The highest BCUT2D eigenvalue weighted by molar-refractivity contribution is 7.98. The van der Waals surface area contributed by atoms with Crippen LogP contribution >= 0.6 is 11.8 Å².